The number of aldehydes is 1. The lowest BCUT2D eigenvalue weighted by atomic mass is 9.71. The van der Waals surface area contributed by atoms with E-state index < -0.39 is 0 Å². The molecule has 0 unspecified atom stereocenters. The van der Waals surface area contributed by atoms with Crippen LogP contribution in [-0.2, 0) is 10.8 Å². The molecule has 0 amide bonds. The van der Waals surface area contributed by atoms with Crippen molar-refractivity contribution in [1.29, 1.82) is 0 Å². The number of hydrogen-bond donors (Lipinski definition) is 0. The third-order valence-corrected chi connectivity index (χ3v) is 16.7. The van der Waals surface area contributed by atoms with Crippen LogP contribution in [0.4, 0.5) is 17.1 Å². The summed E-state index contributed by atoms with van der Waals surface area (Å²) < 4.78 is 0. The standard InChI is InChI=1S/C59H63NOS2/c1-5-7-9-11-13-21-35-59(36-22-14-12-10-8-6-2)52-39-54(43-28-31-47(32-29-43)60(45-23-17-15-18-24-45)46-25-19-16-20-26-46)62-56(52)57-53(59)40-55(63-57)44-30-34-49-48-33-27-42(41-61)37-50(48)58(3,4)51(49)38-44/h15-20,23-34,37-41H,5-14,21-22,35-36H2,1-4H3. The molecule has 0 saturated carbocycles. The number of anilines is 3. The SMILES string of the molecule is CCCCCCCCC1(CCCCCCCC)c2cc(-c3ccc(N(c4ccccc4)c4ccccc4)cc3)sc2-c2sc(-c3ccc4c(c3)C(C)(C)c3cc(C=O)ccc3-4)cc21. The Morgan fingerprint density at radius 1 is 0.476 bits per heavy atom. The van der Waals surface area contributed by atoms with Crippen LogP contribution in [-0.4, -0.2) is 6.29 Å². The van der Waals surface area contributed by atoms with Gasteiger partial charge < -0.3 is 4.90 Å². The molecule has 2 heterocycles. The fourth-order valence-electron chi connectivity index (χ4n) is 10.7. The molecule has 0 saturated heterocycles. The molecule has 5 aromatic carbocycles. The van der Waals surface area contributed by atoms with Gasteiger partial charge in [0.05, 0.1) is 0 Å². The van der Waals surface area contributed by atoms with Crippen molar-refractivity contribution in [2.24, 2.45) is 0 Å². The maximum absolute atomic E-state index is 11.8. The lowest BCUT2D eigenvalue weighted by Crippen LogP contribution is -2.25. The molecule has 0 atom stereocenters. The van der Waals surface area contributed by atoms with Gasteiger partial charge in [-0.25, -0.2) is 0 Å². The van der Waals surface area contributed by atoms with Crippen LogP contribution in [0.1, 0.15) is 150 Å². The number of para-hydroxylation sites is 2. The van der Waals surface area contributed by atoms with Gasteiger partial charge in [-0.3, -0.25) is 4.79 Å². The quantitative estimate of drug-likeness (QED) is 0.0562. The van der Waals surface area contributed by atoms with Gasteiger partial charge in [-0.1, -0.05) is 178 Å². The third kappa shape index (κ3) is 8.42. The molecule has 0 aliphatic heterocycles. The van der Waals surface area contributed by atoms with Crippen LogP contribution in [0, 0.1) is 0 Å². The Morgan fingerprint density at radius 3 is 1.48 bits per heavy atom. The molecular formula is C59H63NOS2. The Hall–Kier alpha value is -5.03. The average molecular weight is 866 g/mol. The minimum Gasteiger partial charge on any atom is -0.311 e. The molecule has 322 valence electrons. The van der Waals surface area contributed by atoms with Crippen molar-refractivity contribution in [3.05, 3.63) is 161 Å². The van der Waals surface area contributed by atoms with E-state index in [0.717, 1.165) is 28.9 Å². The van der Waals surface area contributed by atoms with Crippen molar-refractivity contribution in [2.45, 2.75) is 128 Å². The zero-order valence-electron chi connectivity index (χ0n) is 37.9. The molecule has 2 aromatic heterocycles. The summed E-state index contributed by atoms with van der Waals surface area (Å²) in [5.41, 5.74) is 15.0. The predicted octanol–water partition coefficient (Wildman–Crippen LogP) is 18.5. The van der Waals surface area contributed by atoms with E-state index in [1.807, 2.05) is 28.7 Å². The van der Waals surface area contributed by atoms with E-state index in [1.165, 1.54) is 143 Å². The first-order valence-corrected chi connectivity index (χ1v) is 25.5. The number of unbranched alkanes of at least 4 members (excludes halogenated alkanes) is 10. The van der Waals surface area contributed by atoms with Crippen molar-refractivity contribution < 1.29 is 4.79 Å². The Kier molecular flexibility index (Phi) is 13.0. The molecular weight excluding hydrogens is 803 g/mol. The molecule has 0 radical (unpaired) electrons. The number of carbonyl (C=O) groups excluding carboxylic acids is 1. The van der Waals surface area contributed by atoms with Gasteiger partial charge in [0.25, 0.3) is 0 Å². The molecule has 2 aliphatic carbocycles. The summed E-state index contributed by atoms with van der Waals surface area (Å²) in [5, 5.41) is 0. The molecule has 63 heavy (non-hydrogen) atoms. The molecule has 0 bridgehead atoms. The Balaban J connectivity index is 1.10. The monoisotopic (exact) mass is 865 g/mol. The second-order valence-corrected chi connectivity index (χ2v) is 20.8. The Labute approximate surface area is 385 Å². The van der Waals surface area contributed by atoms with Crippen LogP contribution in [0.3, 0.4) is 0 Å². The molecule has 7 aromatic rings. The molecule has 4 heteroatoms. The molecule has 0 fully saturated rings. The summed E-state index contributed by atoms with van der Waals surface area (Å²) in [6.07, 6.45) is 19.2. The summed E-state index contributed by atoms with van der Waals surface area (Å²) in [6, 6.07) is 49.4. The minimum atomic E-state index is -0.177. The zero-order chi connectivity index (χ0) is 43.4. The van der Waals surface area contributed by atoms with Gasteiger partial charge in [-0.15, -0.1) is 22.7 Å². The number of nitrogens with zero attached hydrogens (tertiary/aromatic N) is 1. The number of rotatable bonds is 20. The molecule has 9 rings (SSSR count). The number of carbonyl (C=O) groups is 1. The van der Waals surface area contributed by atoms with Crippen LogP contribution in [0.2, 0.25) is 0 Å². The number of hydrogen-bond acceptors (Lipinski definition) is 4. The lowest BCUT2D eigenvalue weighted by molar-refractivity contribution is 0.112. The van der Waals surface area contributed by atoms with Crippen molar-refractivity contribution in [1.82, 2.24) is 0 Å². The molecule has 2 nitrogen and oxygen atoms in total. The smallest absolute Gasteiger partial charge is 0.150 e. The first-order valence-electron chi connectivity index (χ1n) is 23.9. The maximum Gasteiger partial charge on any atom is 0.150 e. The predicted molar refractivity (Wildman–Crippen MR) is 273 cm³/mol. The highest BCUT2D eigenvalue weighted by Crippen LogP contribution is 2.62. The average Bonchev–Trinajstić information content (AvgIpc) is 4.07. The third-order valence-electron chi connectivity index (χ3n) is 14.2. The molecule has 0 N–H and O–H groups in total. The van der Waals surface area contributed by atoms with Crippen LogP contribution in [0.25, 0.3) is 41.8 Å². The summed E-state index contributed by atoms with van der Waals surface area (Å²) in [5.74, 6) is 0. The highest BCUT2D eigenvalue weighted by atomic mass is 32.1. The lowest BCUT2D eigenvalue weighted by Gasteiger charge is -2.31. The van der Waals surface area contributed by atoms with Gasteiger partial charge >= 0.3 is 0 Å². The van der Waals surface area contributed by atoms with E-state index >= 15 is 0 Å². The molecule has 2 aliphatic rings. The van der Waals surface area contributed by atoms with Crippen molar-refractivity contribution in [2.75, 3.05) is 4.90 Å². The van der Waals surface area contributed by atoms with E-state index in [1.54, 1.807) is 11.1 Å². The fraction of sp³-hybridized carbons (Fsp3) is 0.339. The Morgan fingerprint density at radius 2 is 0.937 bits per heavy atom. The summed E-state index contributed by atoms with van der Waals surface area (Å²) in [4.78, 5) is 19.9. The van der Waals surface area contributed by atoms with E-state index in [0.29, 0.717) is 0 Å². The van der Waals surface area contributed by atoms with Gasteiger partial charge in [0.2, 0.25) is 0 Å². The number of fused-ring (bicyclic) bond motifs is 6. The first kappa shape index (κ1) is 43.2. The topological polar surface area (TPSA) is 20.3 Å². The van der Waals surface area contributed by atoms with Crippen LogP contribution >= 0.6 is 22.7 Å². The fourth-order valence-corrected chi connectivity index (χ4v) is 13.4. The van der Waals surface area contributed by atoms with Crippen LogP contribution < -0.4 is 4.90 Å². The van der Waals surface area contributed by atoms with Crippen molar-refractivity contribution >= 4 is 46.0 Å². The van der Waals surface area contributed by atoms with Crippen molar-refractivity contribution in [3.63, 3.8) is 0 Å². The van der Waals surface area contributed by atoms with E-state index in [9.17, 15) is 4.79 Å². The summed E-state index contributed by atoms with van der Waals surface area (Å²) in [7, 11) is 0. The van der Waals surface area contributed by atoms with Crippen molar-refractivity contribution in [3.8, 4) is 41.8 Å². The van der Waals surface area contributed by atoms with Gasteiger partial charge in [0, 0.05) is 53.0 Å². The first-order chi connectivity index (χ1) is 30.9. The van der Waals surface area contributed by atoms with Crippen LogP contribution in [0.5, 0.6) is 0 Å². The van der Waals surface area contributed by atoms with E-state index in [4.69, 9.17) is 0 Å². The Bertz CT molecular complexity index is 2590. The highest BCUT2D eigenvalue weighted by molar-refractivity contribution is 7.25. The van der Waals surface area contributed by atoms with E-state index in [2.05, 4.69) is 160 Å². The number of thiophene rings is 2. The normalized spacial score (nSPS) is 14.0. The van der Waals surface area contributed by atoms with Crippen LogP contribution in [0.15, 0.2) is 133 Å². The minimum absolute atomic E-state index is 0.0263. The maximum atomic E-state index is 11.8. The second-order valence-electron chi connectivity index (χ2n) is 18.7. The molecule has 0 spiro atoms. The van der Waals surface area contributed by atoms with Gasteiger partial charge in [0.1, 0.15) is 6.29 Å². The largest absolute Gasteiger partial charge is 0.311 e. The number of benzene rings is 5. The van der Waals surface area contributed by atoms with Gasteiger partial charge in [-0.2, -0.15) is 0 Å². The zero-order valence-corrected chi connectivity index (χ0v) is 39.5. The summed E-state index contributed by atoms with van der Waals surface area (Å²) >= 11 is 4.04. The van der Waals surface area contributed by atoms with Gasteiger partial charge in [-0.05, 0) is 118 Å². The van der Waals surface area contributed by atoms with E-state index in [-0.39, 0.29) is 10.8 Å². The highest BCUT2D eigenvalue weighted by Gasteiger charge is 2.46. The summed E-state index contributed by atoms with van der Waals surface area (Å²) in [6.45, 7) is 9.28. The van der Waals surface area contributed by atoms with Gasteiger partial charge in [0.15, 0.2) is 0 Å². The second kappa shape index (κ2) is 19.0.